The Balaban J connectivity index is 1.84. The Morgan fingerprint density at radius 3 is 2.51 bits per heavy atom. The summed E-state index contributed by atoms with van der Waals surface area (Å²) in [6, 6.07) is 9.34. The summed E-state index contributed by atoms with van der Waals surface area (Å²) < 4.78 is 19.8. The molecule has 0 saturated heterocycles. The molecular formula is C29H38ClFN4O4. The van der Waals surface area contributed by atoms with Gasteiger partial charge >= 0.3 is 0 Å². The first-order valence-corrected chi connectivity index (χ1v) is 13.8. The highest BCUT2D eigenvalue weighted by molar-refractivity contribution is 6.30. The number of nitrogens with one attached hydrogen (secondary N) is 3. The predicted molar refractivity (Wildman–Crippen MR) is 149 cm³/mol. The number of carbonyl (C=O) groups is 3. The van der Waals surface area contributed by atoms with E-state index in [1.54, 1.807) is 32.2 Å². The standard InChI is InChI=1S/C29H38ClFN4O4/c1-4-6-24-29(38)35(3)19(2)27(36)34-25(17-20-8-11-22(30)12-9-20)28(37)33-14-5-7-21-10-13-23(31)18-26(21)39-16-15-32-24/h8-13,18-19,24-25,32H,4-7,14-17H2,1-3H3,(H,33,37)(H,34,36)/t19-,24+,25-/m1/s1. The average Bonchev–Trinajstić information content (AvgIpc) is 2.92. The van der Waals surface area contributed by atoms with E-state index < -0.39 is 29.8 Å². The van der Waals surface area contributed by atoms with Crippen molar-refractivity contribution in [3.8, 4) is 5.75 Å². The Bertz CT molecular complexity index is 1130. The number of nitrogens with zero attached hydrogens (tertiary/aromatic N) is 1. The summed E-state index contributed by atoms with van der Waals surface area (Å²) in [5, 5.41) is 9.54. The fourth-order valence-electron chi connectivity index (χ4n) is 4.45. The van der Waals surface area contributed by atoms with Crippen LogP contribution in [0, 0.1) is 5.82 Å². The third-order valence-corrected chi connectivity index (χ3v) is 7.12. The van der Waals surface area contributed by atoms with Gasteiger partial charge in [-0.15, -0.1) is 0 Å². The number of rotatable bonds is 4. The zero-order valence-corrected chi connectivity index (χ0v) is 23.5. The maximum atomic E-state index is 13.9. The van der Waals surface area contributed by atoms with Crippen LogP contribution in [0.1, 0.15) is 44.2 Å². The molecule has 10 heteroatoms. The summed E-state index contributed by atoms with van der Waals surface area (Å²) in [5.74, 6) is -0.933. The monoisotopic (exact) mass is 560 g/mol. The number of fused-ring (bicyclic) bond motifs is 1. The Kier molecular flexibility index (Phi) is 11.6. The van der Waals surface area contributed by atoms with Crippen molar-refractivity contribution in [3.05, 3.63) is 64.4 Å². The summed E-state index contributed by atoms with van der Waals surface area (Å²) in [7, 11) is 1.58. The second-order valence-corrected chi connectivity index (χ2v) is 10.2. The summed E-state index contributed by atoms with van der Waals surface area (Å²) in [5.41, 5.74) is 1.66. The molecule has 1 aliphatic rings. The van der Waals surface area contributed by atoms with Crippen LogP contribution in [0.4, 0.5) is 4.39 Å². The molecular weight excluding hydrogens is 523 g/mol. The van der Waals surface area contributed by atoms with Gasteiger partial charge in [-0.05, 0) is 55.5 Å². The number of ether oxygens (including phenoxy) is 1. The molecule has 0 radical (unpaired) electrons. The first-order chi connectivity index (χ1) is 18.7. The number of carbonyl (C=O) groups excluding carboxylic acids is 3. The van der Waals surface area contributed by atoms with E-state index in [0.29, 0.717) is 43.1 Å². The van der Waals surface area contributed by atoms with E-state index in [1.165, 1.54) is 17.0 Å². The molecule has 0 unspecified atom stereocenters. The van der Waals surface area contributed by atoms with Crippen LogP contribution < -0.4 is 20.7 Å². The van der Waals surface area contributed by atoms with E-state index >= 15 is 0 Å². The quantitative estimate of drug-likeness (QED) is 0.533. The second kappa shape index (κ2) is 14.8. The SMILES string of the molecule is CCC[C@@H]1NCCOc2cc(F)ccc2CCCNC(=O)[C@@H](Cc2ccc(Cl)cc2)NC(=O)[C@@H](C)N(C)C1=O. The molecule has 39 heavy (non-hydrogen) atoms. The van der Waals surface area contributed by atoms with Crippen molar-refractivity contribution < 1.29 is 23.5 Å². The Hall–Kier alpha value is -3.17. The summed E-state index contributed by atoms with van der Waals surface area (Å²) >= 11 is 6.01. The first-order valence-electron chi connectivity index (χ1n) is 13.4. The van der Waals surface area contributed by atoms with Crippen molar-refractivity contribution in [1.82, 2.24) is 20.9 Å². The van der Waals surface area contributed by atoms with Crippen LogP contribution in [0.25, 0.3) is 0 Å². The van der Waals surface area contributed by atoms with Gasteiger partial charge in [0.15, 0.2) is 0 Å². The van der Waals surface area contributed by atoms with Gasteiger partial charge in [0.1, 0.15) is 30.3 Å². The van der Waals surface area contributed by atoms with Gasteiger partial charge in [0.05, 0.1) is 6.04 Å². The lowest BCUT2D eigenvalue weighted by atomic mass is 10.0. The van der Waals surface area contributed by atoms with Crippen molar-refractivity contribution in [3.63, 3.8) is 0 Å². The Labute approximate surface area is 234 Å². The van der Waals surface area contributed by atoms with Gasteiger partial charge in [-0.2, -0.15) is 0 Å². The fraction of sp³-hybridized carbons (Fsp3) is 0.483. The van der Waals surface area contributed by atoms with E-state index in [2.05, 4.69) is 16.0 Å². The summed E-state index contributed by atoms with van der Waals surface area (Å²) in [6.07, 6.45) is 2.76. The van der Waals surface area contributed by atoms with Crippen LogP contribution in [0.3, 0.4) is 0 Å². The molecule has 1 aliphatic heterocycles. The molecule has 3 atom stereocenters. The van der Waals surface area contributed by atoms with Crippen LogP contribution in [0.15, 0.2) is 42.5 Å². The minimum absolute atomic E-state index is 0.231. The zero-order valence-electron chi connectivity index (χ0n) is 22.8. The molecule has 3 N–H and O–H groups in total. The molecule has 0 aliphatic carbocycles. The number of likely N-dealkylation sites (N-methyl/N-ethyl adjacent to an activating group) is 1. The molecule has 0 bridgehead atoms. The first kappa shape index (κ1) is 30.4. The Morgan fingerprint density at radius 2 is 1.79 bits per heavy atom. The van der Waals surface area contributed by atoms with E-state index in [9.17, 15) is 18.8 Å². The molecule has 8 nitrogen and oxygen atoms in total. The molecule has 0 aromatic heterocycles. The lowest BCUT2D eigenvalue weighted by Crippen LogP contribution is -2.56. The number of halogens is 2. The molecule has 1 heterocycles. The van der Waals surface area contributed by atoms with Gasteiger partial charge in [0, 0.05) is 37.6 Å². The van der Waals surface area contributed by atoms with Crippen LogP contribution in [-0.2, 0) is 27.2 Å². The highest BCUT2D eigenvalue weighted by atomic mass is 35.5. The zero-order chi connectivity index (χ0) is 28.4. The molecule has 3 rings (SSSR count). The van der Waals surface area contributed by atoms with Crippen LogP contribution in [0.5, 0.6) is 5.75 Å². The van der Waals surface area contributed by atoms with Crippen molar-refractivity contribution in [1.29, 1.82) is 0 Å². The predicted octanol–water partition coefficient (Wildman–Crippen LogP) is 3.25. The van der Waals surface area contributed by atoms with E-state index in [-0.39, 0.29) is 24.8 Å². The lowest BCUT2D eigenvalue weighted by Gasteiger charge is -2.30. The maximum absolute atomic E-state index is 13.9. The lowest BCUT2D eigenvalue weighted by molar-refractivity contribution is -0.141. The smallest absolute Gasteiger partial charge is 0.243 e. The molecule has 0 fully saturated rings. The number of benzene rings is 2. The molecule has 0 spiro atoms. The third kappa shape index (κ3) is 8.93. The molecule has 2 aromatic carbocycles. The topological polar surface area (TPSA) is 99.8 Å². The summed E-state index contributed by atoms with van der Waals surface area (Å²) in [6.45, 7) is 4.59. The van der Waals surface area contributed by atoms with Crippen LogP contribution in [0.2, 0.25) is 5.02 Å². The fourth-order valence-corrected chi connectivity index (χ4v) is 4.57. The number of amides is 3. The van der Waals surface area contributed by atoms with Crippen molar-refractivity contribution in [2.24, 2.45) is 0 Å². The van der Waals surface area contributed by atoms with Gasteiger partial charge in [-0.1, -0.05) is 43.1 Å². The minimum Gasteiger partial charge on any atom is -0.492 e. The third-order valence-electron chi connectivity index (χ3n) is 6.87. The Morgan fingerprint density at radius 1 is 1.05 bits per heavy atom. The highest BCUT2D eigenvalue weighted by Crippen LogP contribution is 2.21. The molecule has 3 amide bonds. The maximum Gasteiger partial charge on any atom is 0.243 e. The van der Waals surface area contributed by atoms with E-state index in [1.807, 2.05) is 19.1 Å². The average molecular weight is 561 g/mol. The number of hydrogen-bond acceptors (Lipinski definition) is 5. The molecule has 2 aromatic rings. The normalized spacial score (nSPS) is 22.1. The molecule has 212 valence electrons. The van der Waals surface area contributed by atoms with Gasteiger partial charge < -0.3 is 25.6 Å². The van der Waals surface area contributed by atoms with Crippen LogP contribution >= 0.6 is 11.6 Å². The van der Waals surface area contributed by atoms with Gasteiger partial charge in [-0.3, -0.25) is 14.4 Å². The highest BCUT2D eigenvalue weighted by Gasteiger charge is 2.30. The largest absolute Gasteiger partial charge is 0.492 e. The van der Waals surface area contributed by atoms with Crippen molar-refractivity contribution in [2.75, 3.05) is 26.7 Å². The second-order valence-electron chi connectivity index (χ2n) is 9.81. The van der Waals surface area contributed by atoms with Gasteiger partial charge in [-0.25, -0.2) is 4.39 Å². The van der Waals surface area contributed by atoms with Crippen molar-refractivity contribution in [2.45, 2.75) is 64.1 Å². The number of hydrogen-bond donors (Lipinski definition) is 3. The minimum atomic E-state index is -0.849. The summed E-state index contributed by atoms with van der Waals surface area (Å²) in [4.78, 5) is 41.1. The van der Waals surface area contributed by atoms with Crippen LogP contribution in [-0.4, -0.2) is 67.5 Å². The van der Waals surface area contributed by atoms with Gasteiger partial charge in [0.2, 0.25) is 17.7 Å². The number of aryl methyl sites for hydroxylation is 1. The van der Waals surface area contributed by atoms with Crippen molar-refractivity contribution >= 4 is 29.3 Å². The molecule has 0 saturated carbocycles. The van der Waals surface area contributed by atoms with E-state index in [0.717, 1.165) is 17.5 Å². The van der Waals surface area contributed by atoms with E-state index in [4.69, 9.17) is 16.3 Å². The van der Waals surface area contributed by atoms with Gasteiger partial charge in [0.25, 0.3) is 0 Å².